The number of para-hydroxylation sites is 1. The third-order valence-electron chi connectivity index (χ3n) is 4.94. The molecule has 0 saturated carbocycles. The van der Waals surface area contributed by atoms with Crippen LogP contribution < -0.4 is 14.8 Å². The molecule has 2 aliphatic heterocycles. The third kappa shape index (κ3) is 3.74. The third-order valence-corrected chi connectivity index (χ3v) is 4.94. The highest BCUT2D eigenvalue weighted by Crippen LogP contribution is 2.35. The molecule has 0 spiro atoms. The van der Waals surface area contributed by atoms with Crippen molar-refractivity contribution < 1.29 is 19.1 Å². The molecule has 1 fully saturated rings. The van der Waals surface area contributed by atoms with Crippen LogP contribution in [0.2, 0.25) is 0 Å². The fraction of sp³-hybridized carbons (Fsp3) is 0.333. The number of nitrogens with one attached hydrogen (secondary N) is 1. The molecule has 6 nitrogen and oxygen atoms in total. The zero-order valence-electron chi connectivity index (χ0n) is 15.1. The minimum atomic E-state index is -0.217. The van der Waals surface area contributed by atoms with Gasteiger partial charge in [0.25, 0.3) is 11.8 Å². The minimum Gasteiger partial charge on any atom is -0.454 e. The summed E-state index contributed by atoms with van der Waals surface area (Å²) in [6, 6.07) is 12.7. The fourth-order valence-electron chi connectivity index (χ4n) is 3.43. The molecule has 0 bridgehead atoms. The molecule has 0 aromatic heterocycles. The molecule has 27 heavy (non-hydrogen) atoms. The Labute approximate surface area is 158 Å². The SMILES string of the molecule is O=C(NCc1ccc(C(=O)N2CCCCC2)cc1)c1cccc2c1OCO2. The van der Waals surface area contributed by atoms with Gasteiger partial charge in [0.15, 0.2) is 11.5 Å². The summed E-state index contributed by atoms with van der Waals surface area (Å²) in [6.07, 6.45) is 3.35. The maximum absolute atomic E-state index is 12.5. The van der Waals surface area contributed by atoms with E-state index in [1.54, 1.807) is 18.2 Å². The number of likely N-dealkylation sites (tertiary alicyclic amines) is 1. The van der Waals surface area contributed by atoms with Gasteiger partial charge in [-0.25, -0.2) is 0 Å². The Morgan fingerprint density at radius 2 is 1.74 bits per heavy atom. The number of amides is 2. The van der Waals surface area contributed by atoms with Crippen LogP contribution in [0.25, 0.3) is 0 Å². The zero-order chi connectivity index (χ0) is 18.6. The maximum atomic E-state index is 12.5. The van der Waals surface area contributed by atoms with Crippen molar-refractivity contribution >= 4 is 11.8 Å². The van der Waals surface area contributed by atoms with Crippen molar-refractivity contribution in [3.63, 3.8) is 0 Å². The van der Waals surface area contributed by atoms with Crippen LogP contribution in [-0.2, 0) is 6.54 Å². The Morgan fingerprint density at radius 3 is 2.52 bits per heavy atom. The molecule has 2 aromatic carbocycles. The van der Waals surface area contributed by atoms with Crippen molar-refractivity contribution in [1.82, 2.24) is 10.2 Å². The molecule has 0 radical (unpaired) electrons. The van der Waals surface area contributed by atoms with Crippen LogP contribution in [0, 0.1) is 0 Å². The highest BCUT2D eigenvalue weighted by Gasteiger charge is 2.22. The summed E-state index contributed by atoms with van der Waals surface area (Å²) < 4.78 is 10.7. The number of piperidine rings is 1. The highest BCUT2D eigenvalue weighted by atomic mass is 16.7. The van der Waals surface area contributed by atoms with Gasteiger partial charge in [-0.3, -0.25) is 9.59 Å². The second kappa shape index (κ2) is 7.70. The van der Waals surface area contributed by atoms with Crippen LogP contribution in [0.4, 0.5) is 0 Å². The van der Waals surface area contributed by atoms with Gasteiger partial charge in [-0.2, -0.15) is 0 Å². The van der Waals surface area contributed by atoms with E-state index in [1.807, 2.05) is 29.2 Å². The molecule has 2 aliphatic rings. The Bertz CT molecular complexity index is 842. The number of hydrogen-bond acceptors (Lipinski definition) is 4. The first kappa shape index (κ1) is 17.4. The van der Waals surface area contributed by atoms with Crippen molar-refractivity contribution in [1.29, 1.82) is 0 Å². The Kier molecular flexibility index (Phi) is 4.96. The first-order valence-electron chi connectivity index (χ1n) is 9.27. The Morgan fingerprint density at radius 1 is 0.963 bits per heavy atom. The maximum Gasteiger partial charge on any atom is 0.255 e. The van der Waals surface area contributed by atoms with Gasteiger partial charge >= 0.3 is 0 Å². The molecule has 4 rings (SSSR count). The van der Waals surface area contributed by atoms with Gasteiger partial charge in [0.1, 0.15) is 0 Å². The lowest BCUT2D eigenvalue weighted by atomic mass is 10.1. The summed E-state index contributed by atoms with van der Waals surface area (Å²) in [7, 11) is 0. The van der Waals surface area contributed by atoms with Gasteiger partial charge in [-0.1, -0.05) is 18.2 Å². The number of carbonyl (C=O) groups is 2. The van der Waals surface area contributed by atoms with Crippen molar-refractivity contribution in [2.24, 2.45) is 0 Å². The summed E-state index contributed by atoms with van der Waals surface area (Å²) >= 11 is 0. The molecular weight excluding hydrogens is 344 g/mol. The molecule has 2 amide bonds. The van der Waals surface area contributed by atoms with Crippen molar-refractivity contribution in [2.75, 3.05) is 19.9 Å². The summed E-state index contributed by atoms with van der Waals surface area (Å²) in [5.41, 5.74) is 2.09. The molecule has 0 atom stereocenters. The van der Waals surface area contributed by atoms with Gasteiger partial charge in [-0.05, 0) is 49.1 Å². The smallest absolute Gasteiger partial charge is 0.255 e. The van der Waals surface area contributed by atoms with Crippen LogP contribution in [0.1, 0.15) is 45.5 Å². The van der Waals surface area contributed by atoms with Gasteiger partial charge in [0.2, 0.25) is 6.79 Å². The topological polar surface area (TPSA) is 67.9 Å². The number of hydrogen-bond donors (Lipinski definition) is 1. The van der Waals surface area contributed by atoms with E-state index < -0.39 is 0 Å². The number of ether oxygens (including phenoxy) is 2. The van der Waals surface area contributed by atoms with Crippen molar-refractivity contribution in [3.8, 4) is 11.5 Å². The predicted molar refractivity (Wildman–Crippen MR) is 99.9 cm³/mol. The van der Waals surface area contributed by atoms with E-state index in [4.69, 9.17) is 9.47 Å². The van der Waals surface area contributed by atoms with E-state index >= 15 is 0 Å². The Hall–Kier alpha value is -3.02. The van der Waals surface area contributed by atoms with Crippen LogP contribution in [0.5, 0.6) is 11.5 Å². The molecule has 1 saturated heterocycles. The lowest BCUT2D eigenvalue weighted by molar-refractivity contribution is 0.0724. The summed E-state index contributed by atoms with van der Waals surface area (Å²) in [5.74, 6) is 0.939. The molecule has 1 N–H and O–H groups in total. The summed E-state index contributed by atoms with van der Waals surface area (Å²) in [6.45, 7) is 2.18. The quantitative estimate of drug-likeness (QED) is 0.903. The number of carbonyl (C=O) groups excluding carboxylic acids is 2. The molecule has 140 valence electrons. The minimum absolute atomic E-state index is 0.0854. The Balaban J connectivity index is 1.37. The zero-order valence-corrected chi connectivity index (χ0v) is 15.1. The van der Waals surface area contributed by atoms with E-state index in [-0.39, 0.29) is 18.6 Å². The average Bonchev–Trinajstić information content (AvgIpc) is 3.21. The van der Waals surface area contributed by atoms with Crippen LogP contribution in [-0.4, -0.2) is 36.6 Å². The number of fused-ring (bicyclic) bond motifs is 1. The summed E-state index contributed by atoms with van der Waals surface area (Å²) in [4.78, 5) is 26.9. The van der Waals surface area contributed by atoms with E-state index in [1.165, 1.54) is 6.42 Å². The number of benzene rings is 2. The molecule has 2 aromatic rings. The number of nitrogens with zero attached hydrogens (tertiary/aromatic N) is 1. The largest absolute Gasteiger partial charge is 0.454 e. The molecule has 0 aliphatic carbocycles. The first-order valence-corrected chi connectivity index (χ1v) is 9.27. The van der Waals surface area contributed by atoms with Gasteiger partial charge in [0.05, 0.1) is 5.56 Å². The average molecular weight is 366 g/mol. The molecular formula is C21H22N2O4. The second-order valence-electron chi connectivity index (χ2n) is 6.77. The van der Waals surface area contributed by atoms with Gasteiger partial charge < -0.3 is 19.7 Å². The highest BCUT2D eigenvalue weighted by molar-refractivity contribution is 5.98. The van der Waals surface area contributed by atoms with E-state index in [9.17, 15) is 9.59 Å². The second-order valence-corrected chi connectivity index (χ2v) is 6.77. The van der Waals surface area contributed by atoms with Crippen LogP contribution in [0.3, 0.4) is 0 Å². The fourth-order valence-corrected chi connectivity index (χ4v) is 3.43. The first-order chi connectivity index (χ1) is 13.2. The van der Waals surface area contributed by atoms with Gasteiger partial charge in [0, 0.05) is 25.2 Å². The molecule has 6 heteroatoms. The van der Waals surface area contributed by atoms with Crippen molar-refractivity contribution in [3.05, 3.63) is 59.2 Å². The van der Waals surface area contributed by atoms with Gasteiger partial charge in [-0.15, -0.1) is 0 Å². The molecule has 0 unspecified atom stereocenters. The van der Waals surface area contributed by atoms with Crippen LogP contribution in [0.15, 0.2) is 42.5 Å². The summed E-state index contributed by atoms with van der Waals surface area (Å²) in [5, 5.41) is 2.89. The lowest BCUT2D eigenvalue weighted by Crippen LogP contribution is -2.35. The van der Waals surface area contributed by atoms with E-state index in [2.05, 4.69) is 5.32 Å². The standard InChI is InChI=1S/C21H22N2O4/c24-20(17-5-4-6-18-19(17)27-14-26-18)22-13-15-7-9-16(10-8-15)21(25)23-11-2-1-3-12-23/h4-10H,1-3,11-14H2,(H,22,24). The molecule has 2 heterocycles. The lowest BCUT2D eigenvalue weighted by Gasteiger charge is -2.26. The normalized spacial score (nSPS) is 15.5. The predicted octanol–water partition coefficient (Wildman–Crippen LogP) is 2.97. The van der Waals surface area contributed by atoms with Crippen LogP contribution >= 0.6 is 0 Å². The monoisotopic (exact) mass is 366 g/mol. The van der Waals surface area contributed by atoms with E-state index in [0.29, 0.717) is 29.2 Å². The van der Waals surface area contributed by atoms with Crippen molar-refractivity contribution in [2.45, 2.75) is 25.8 Å². The van der Waals surface area contributed by atoms with E-state index in [0.717, 1.165) is 31.5 Å². The number of rotatable bonds is 4.